The largest absolute Gasteiger partial charge is 0.481 e. The number of benzene rings is 2. The number of carbonyl (C=O) groups excluding carboxylic acids is 2. The van der Waals surface area contributed by atoms with Crippen LogP contribution < -0.4 is 26.6 Å². The van der Waals surface area contributed by atoms with Crippen molar-refractivity contribution in [1.29, 1.82) is 0 Å². The van der Waals surface area contributed by atoms with Gasteiger partial charge in [0.05, 0.1) is 24.9 Å². The van der Waals surface area contributed by atoms with Crippen LogP contribution in [0.1, 0.15) is 57.9 Å². The van der Waals surface area contributed by atoms with Gasteiger partial charge in [-0.15, -0.1) is 0 Å². The number of aliphatic hydroxyl groups is 1. The normalized spacial score (nSPS) is 19.8. The lowest BCUT2D eigenvalue weighted by atomic mass is 9.91. The molecule has 0 unspecified atom stereocenters. The molecular formula is C39H44FN7O6. The number of methoxy groups -OCH3 is 1. The van der Waals surface area contributed by atoms with Gasteiger partial charge >= 0.3 is 11.7 Å². The third-order valence-corrected chi connectivity index (χ3v) is 11.3. The summed E-state index contributed by atoms with van der Waals surface area (Å²) in [6.45, 7) is 6.08. The molecule has 278 valence electrons. The highest BCUT2D eigenvalue weighted by Gasteiger charge is 2.46. The number of urea groups is 1. The van der Waals surface area contributed by atoms with E-state index in [4.69, 9.17) is 9.72 Å². The zero-order valence-electron chi connectivity index (χ0n) is 30.6. The Morgan fingerprint density at radius 1 is 1.09 bits per heavy atom. The molecule has 2 saturated heterocycles. The number of hydrogen-bond acceptors (Lipinski definition) is 8. The highest BCUT2D eigenvalue weighted by molar-refractivity contribution is 6.04. The minimum atomic E-state index is -0.730. The van der Waals surface area contributed by atoms with E-state index in [-0.39, 0.29) is 29.8 Å². The maximum atomic E-state index is 15.7. The van der Waals surface area contributed by atoms with Gasteiger partial charge in [-0.25, -0.2) is 19.0 Å². The van der Waals surface area contributed by atoms with E-state index in [1.54, 1.807) is 18.9 Å². The van der Waals surface area contributed by atoms with Crippen molar-refractivity contribution in [2.75, 3.05) is 45.2 Å². The predicted octanol–water partition coefficient (Wildman–Crippen LogP) is 3.67. The molecular weight excluding hydrogens is 681 g/mol. The van der Waals surface area contributed by atoms with Crippen molar-refractivity contribution in [3.8, 4) is 28.3 Å². The number of likely N-dealkylation sites (tertiary alicyclic amines) is 1. The van der Waals surface area contributed by atoms with E-state index in [1.165, 1.54) is 32.4 Å². The molecule has 1 spiro atoms. The number of aliphatic hydroxyl groups excluding tert-OH is 1. The topological polar surface area (TPSA) is 151 Å². The molecule has 0 bridgehead atoms. The lowest BCUT2D eigenvalue weighted by molar-refractivity contribution is 0.102. The number of nitrogens with one attached hydrogen (secondary N) is 2. The van der Waals surface area contributed by atoms with E-state index in [1.807, 2.05) is 25.1 Å². The van der Waals surface area contributed by atoms with Crippen LogP contribution in [0.2, 0.25) is 0 Å². The summed E-state index contributed by atoms with van der Waals surface area (Å²) in [5.41, 5.74) is 4.44. The summed E-state index contributed by atoms with van der Waals surface area (Å²) in [4.78, 5) is 60.0. The van der Waals surface area contributed by atoms with Crippen LogP contribution in [-0.2, 0) is 20.5 Å². The Balaban J connectivity index is 1.17. The van der Waals surface area contributed by atoms with Gasteiger partial charge in [-0.2, -0.15) is 0 Å². The Morgan fingerprint density at radius 3 is 2.58 bits per heavy atom. The number of carbonyl (C=O) groups is 2. The standard InChI is InChI=1S/C39H44FN7O6/c1-22-25(7-6-8-26(22)32-23(2)29(11-10-28(32)40)41-34(49)27-20-44(3)38(52)45(4)36(27)50)30-19-24-9-12-31(33(24)35(42-30)53-5)47-16-14-39(21-47)13-15-46(17-18-48)37(51)43-39/h6-8,10-11,19-20,31,48H,9,12-18,21H2,1-5H3,(H,41,49)(H,43,51)/t31-,39-/m0/s1. The van der Waals surface area contributed by atoms with Gasteiger partial charge < -0.3 is 29.9 Å². The Bertz CT molecular complexity index is 2270. The summed E-state index contributed by atoms with van der Waals surface area (Å²) in [6, 6.07) is 10.4. The number of ether oxygens (including phenoxy) is 1. The van der Waals surface area contributed by atoms with Crippen molar-refractivity contribution >= 4 is 17.6 Å². The summed E-state index contributed by atoms with van der Waals surface area (Å²) >= 11 is 0. The van der Waals surface area contributed by atoms with E-state index in [0.717, 1.165) is 70.2 Å². The number of aromatic nitrogens is 3. The van der Waals surface area contributed by atoms with Gasteiger partial charge in [0.25, 0.3) is 11.5 Å². The molecule has 7 rings (SSSR count). The first-order chi connectivity index (χ1) is 25.4. The summed E-state index contributed by atoms with van der Waals surface area (Å²) in [5.74, 6) is -0.638. The molecule has 53 heavy (non-hydrogen) atoms. The van der Waals surface area contributed by atoms with Crippen molar-refractivity contribution in [3.05, 3.63) is 97.1 Å². The van der Waals surface area contributed by atoms with Gasteiger partial charge in [0.15, 0.2) is 0 Å². The third kappa shape index (κ3) is 6.29. The Morgan fingerprint density at radius 2 is 1.85 bits per heavy atom. The van der Waals surface area contributed by atoms with Gasteiger partial charge in [-0.1, -0.05) is 18.2 Å². The second kappa shape index (κ2) is 13.9. The minimum Gasteiger partial charge on any atom is -0.481 e. The maximum absolute atomic E-state index is 15.7. The second-order valence-corrected chi connectivity index (χ2v) is 14.4. The first-order valence-electron chi connectivity index (χ1n) is 17.8. The number of aryl methyl sites for hydroxylation is 2. The number of nitrogens with zero attached hydrogens (tertiary/aromatic N) is 5. The molecule has 14 heteroatoms. The SMILES string of the molecule is COc1nc(-c2cccc(-c3c(F)ccc(NC(=O)c4cn(C)c(=O)n(C)c4=O)c3C)c2C)cc2c1[C@@H](N1CC[C@@]3(CCN(CCO)C(=O)N3)C1)CC2. The van der Waals surface area contributed by atoms with E-state index in [2.05, 4.69) is 21.6 Å². The third-order valence-electron chi connectivity index (χ3n) is 11.3. The number of hydrogen-bond donors (Lipinski definition) is 3. The number of fused-ring (bicyclic) bond motifs is 1. The second-order valence-electron chi connectivity index (χ2n) is 14.4. The monoisotopic (exact) mass is 725 g/mol. The van der Waals surface area contributed by atoms with E-state index < -0.39 is 23.0 Å². The molecule has 4 aromatic rings. The number of anilines is 1. The lowest BCUT2D eigenvalue weighted by Gasteiger charge is -2.40. The Kier molecular flexibility index (Phi) is 9.45. The minimum absolute atomic E-state index is 0.0573. The molecule has 2 fully saturated rings. The Labute approximate surface area is 306 Å². The summed E-state index contributed by atoms with van der Waals surface area (Å²) in [5, 5.41) is 15.3. The molecule has 13 nitrogen and oxygen atoms in total. The zero-order valence-corrected chi connectivity index (χ0v) is 30.6. The fraction of sp³-hybridized carbons (Fsp3) is 0.410. The molecule has 3 aliphatic rings. The van der Waals surface area contributed by atoms with Crippen LogP contribution in [0.25, 0.3) is 22.4 Å². The fourth-order valence-electron chi connectivity index (χ4n) is 8.35. The van der Waals surface area contributed by atoms with Crippen molar-refractivity contribution < 1.29 is 23.8 Å². The van der Waals surface area contributed by atoms with E-state index in [9.17, 15) is 24.3 Å². The number of rotatable bonds is 8. The van der Waals surface area contributed by atoms with Gasteiger partial charge in [-0.3, -0.25) is 19.1 Å². The van der Waals surface area contributed by atoms with Crippen molar-refractivity contribution in [2.24, 2.45) is 14.1 Å². The number of β-amino-alcohol motifs (C(OH)–C–C–N with tert-alkyl or cyclic N) is 1. The smallest absolute Gasteiger partial charge is 0.330 e. The molecule has 2 atom stereocenters. The van der Waals surface area contributed by atoms with Crippen LogP contribution in [0.4, 0.5) is 14.9 Å². The van der Waals surface area contributed by atoms with Crippen molar-refractivity contribution in [2.45, 2.75) is 51.1 Å². The maximum Gasteiger partial charge on any atom is 0.330 e. The Hall–Kier alpha value is -5.34. The number of pyridine rings is 1. The highest BCUT2D eigenvalue weighted by Crippen LogP contribution is 2.46. The highest BCUT2D eigenvalue weighted by atomic mass is 19.1. The zero-order chi connectivity index (χ0) is 37.8. The van der Waals surface area contributed by atoms with Crippen LogP contribution in [0, 0.1) is 19.7 Å². The molecule has 3 N–H and O–H groups in total. The van der Waals surface area contributed by atoms with Crippen LogP contribution in [0.3, 0.4) is 0 Å². The van der Waals surface area contributed by atoms with Crippen molar-refractivity contribution in [3.63, 3.8) is 0 Å². The number of amides is 3. The first-order valence-corrected chi connectivity index (χ1v) is 17.8. The summed E-state index contributed by atoms with van der Waals surface area (Å²) < 4.78 is 23.7. The first kappa shape index (κ1) is 36.0. The van der Waals surface area contributed by atoms with Crippen LogP contribution in [0.5, 0.6) is 5.88 Å². The van der Waals surface area contributed by atoms with Gasteiger partial charge in [0, 0.05) is 74.9 Å². The number of halogens is 1. The average molecular weight is 726 g/mol. The molecule has 0 radical (unpaired) electrons. The van der Waals surface area contributed by atoms with Crippen LogP contribution in [-0.4, -0.2) is 86.4 Å². The molecule has 1 aliphatic carbocycles. The van der Waals surface area contributed by atoms with Gasteiger partial charge in [-0.05, 0) is 80.0 Å². The summed E-state index contributed by atoms with van der Waals surface area (Å²) in [7, 11) is 4.38. The van der Waals surface area contributed by atoms with Gasteiger partial charge in [0.2, 0.25) is 5.88 Å². The van der Waals surface area contributed by atoms with Crippen molar-refractivity contribution in [1.82, 2.24) is 29.2 Å². The van der Waals surface area contributed by atoms with Gasteiger partial charge in [0.1, 0.15) is 11.4 Å². The lowest BCUT2D eigenvalue weighted by Crippen LogP contribution is -2.61. The molecule has 2 aliphatic heterocycles. The molecule has 0 saturated carbocycles. The predicted molar refractivity (Wildman–Crippen MR) is 198 cm³/mol. The molecule has 2 aromatic carbocycles. The van der Waals surface area contributed by atoms with Crippen LogP contribution >= 0.6 is 0 Å². The summed E-state index contributed by atoms with van der Waals surface area (Å²) in [6.07, 6.45) is 4.59. The molecule has 4 heterocycles. The molecule has 3 amide bonds. The quantitative estimate of drug-likeness (QED) is 0.249. The average Bonchev–Trinajstić information content (AvgIpc) is 3.76. The van der Waals surface area contributed by atoms with E-state index in [0.29, 0.717) is 47.0 Å². The van der Waals surface area contributed by atoms with Crippen LogP contribution in [0.15, 0.2) is 52.2 Å². The molecule has 2 aromatic heterocycles. The fourth-order valence-corrected chi connectivity index (χ4v) is 8.35. The van der Waals surface area contributed by atoms with E-state index >= 15 is 4.39 Å².